The van der Waals surface area contributed by atoms with Crippen LogP contribution in [0.5, 0.6) is 0 Å². The Hall–Kier alpha value is -0.0800. The number of nitrogens with zero attached hydrogens (tertiary/aromatic N) is 2. The highest BCUT2D eigenvalue weighted by atomic mass is 127. The molecule has 1 saturated carbocycles. The lowest BCUT2D eigenvalue weighted by Gasteiger charge is -2.31. The van der Waals surface area contributed by atoms with E-state index < -0.39 is 0 Å². The molecule has 25 heavy (non-hydrogen) atoms. The van der Waals surface area contributed by atoms with E-state index in [2.05, 4.69) is 29.2 Å². The fourth-order valence-electron chi connectivity index (χ4n) is 3.71. The number of hydrogen-bond donors (Lipinski definition) is 1. The van der Waals surface area contributed by atoms with Gasteiger partial charge in [-0.25, -0.2) is 0 Å². The molecular formula is C19H38IN3O2. The molecule has 0 amide bonds. The smallest absolute Gasteiger partial charge is 0.193 e. The minimum absolute atomic E-state index is 0. The summed E-state index contributed by atoms with van der Waals surface area (Å²) in [6, 6.07) is 0. The summed E-state index contributed by atoms with van der Waals surface area (Å²) >= 11 is 0. The summed E-state index contributed by atoms with van der Waals surface area (Å²) in [5.74, 6) is 3.36. The standard InChI is InChI=1S/C19H37N3O2.HI/c1-16-5-7-17(8-6-16)13-22(3)19(20-2)21-10-4-11-23-14-18-9-12-24-15-18;/h16-18H,4-15H2,1-3H3,(H,20,21);1H. The third-order valence-corrected chi connectivity index (χ3v) is 5.37. The van der Waals surface area contributed by atoms with Crippen LogP contribution in [0.4, 0.5) is 0 Å². The summed E-state index contributed by atoms with van der Waals surface area (Å²) in [5, 5.41) is 3.47. The van der Waals surface area contributed by atoms with Crippen LogP contribution >= 0.6 is 24.0 Å². The van der Waals surface area contributed by atoms with Crippen LogP contribution < -0.4 is 5.32 Å². The van der Waals surface area contributed by atoms with Gasteiger partial charge in [0.1, 0.15) is 0 Å². The number of hydrogen-bond acceptors (Lipinski definition) is 3. The van der Waals surface area contributed by atoms with Gasteiger partial charge in [0.2, 0.25) is 0 Å². The van der Waals surface area contributed by atoms with E-state index in [0.717, 1.165) is 70.2 Å². The second-order valence-corrected chi connectivity index (χ2v) is 7.64. The number of guanidine groups is 1. The van der Waals surface area contributed by atoms with Crippen LogP contribution in [0.2, 0.25) is 0 Å². The second kappa shape index (κ2) is 13.1. The lowest BCUT2D eigenvalue weighted by Crippen LogP contribution is -2.42. The van der Waals surface area contributed by atoms with Crippen molar-refractivity contribution in [2.24, 2.45) is 22.7 Å². The van der Waals surface area contributed by atoms with Crippen LogP contribution in [0.25, 0.3) is 0 Å². The molecule has 0 spiro atoms. The second-order valence-electron chi connectivity index (χ2n) is 7.64. The first-order chi connectivity index (χ1) is 11.7. The van der Waals surface area contributed by atoms with Crippen LogP contribution in [0.15, 0.2) is 4.99 Å². The summed E-state index contributed by atoms with van der Waals surface area (Å²) in [4.78, 5) is 6.71. The van der Waals surface area contributed by atoms with Gasteiger partial charge in [-0.05, 0) is 37.5 Å². The highest BCUT2D eigenvalue weighted by Crippen LogP contribution is 2.28. The zero-order chi connectivity index (χ0) is 17.2. The Labute approximate surface area is 171 Å². The maximum Gasteiger partial charge on any atom is 0.193 e. The first kappa shape index (κ1) is 23.0. The van der Waals surface area contributed by atoms with E-state index in [9.17, 15) is 0 Å². The predicted octanol–water partition coefficient (Wildman–Crippen LogP) is 3.38. The molecule has 0 aromatic heterocycles. The van der Waals surface area contributed by atoms with Gasteiger partial charge in [0.25, 0.3) is 0 Å². The largest absolute Gasteiger partial charge is 0.381 e. The van der Waals surface area contributed by atoms with E-state index in [1.54, 1.807) is 0 Å². The lowest BCUT2D eigenvalue weighted by molar-refractivity contribution is 0.0887. The predicted molar refractivity (Wildman–Crippen MR) is 115 cm³/mol. The van der Waals surface area contributed by atoms with Crippen LogP contribution in [0, 0.1) is 17.8 Å². The number of rotatable bonds is 8. The van der Waals surface area contributed by atoms with Gasteiger partial charge < -0.3 is 19.7 Å². The number of nitrogens with one attached hydrogen (secondary N) is 1. The molecule has 6 heteroatoms. The van der Waals surface area contributed by atoms with Crippen molar-refractivity contribution in [3.8, 4) is 0 Å². The average molecular weight is 467 g/mol. The lowest BCUT2D eigenvalue weighted by atomic mass is 9.83. The van der Waals surface area contributed by atoms with Crippen molar-refractivity contribution >= 4 is 29.9 Å². The summed E-state index contributed by atoms with van der Waals surface area (Å²) in [7, 11) is 4.03. The summed E-state index contributed by atoms with van der Waals surface area (Å²) in [6.07, 6.45) is 7.65. The van der Waals surface area contributed by atoms with Gasteiger partial charge in [-0.1, -0.05) is 19.8 Å². The van der Waals surface area contributed by atoms with E-state index in [1.807, 2.05) is 7.05 Å². The van der Waals surface area contributed by atoms with Gasteiger partial charge in [-0.2, -0.15) is 0 Å². The Morgan fingerprint density at radius 3 is 2.60 bits per heavy atom. The molecule has 1 saturated heterocycles. The Morgan fingerprint density at radius 2 is 1.96 bits per heavy atom. The van der Waals surface area contributed by atoms with E-state index in [0.29, 0.717) is 5.92 Å². The molecule has 1 atom stereocenters. The SMILES string of the molecule is CN=C(NCCCOCC1CCOC1)N(C)CC1CCC(C)CC1.I. The molecule has 0 aromatic rings. The third-order valence-electron chi connectivity index (χ3n) is 5.37. The molecule has 0 aromatic carbocycles. The third kappa shape index (κ3) is 8.91. The maximum atomic E-state index is 5.75. The fourth-order valence-corrected chi connectivity index (χ4v) is 3.71. The van der Waals surface area contributed by atoms with Crippen LogP contribution in [-0.2, 0) is 9.47 Å². The molecule has 148 valence electrons. The molecule has 5 nitrogen and oxygen atoms in total. The Bertz CT molecular complexity index is 368. The van der Waals surface area contributed by atoms with Crippen molar-refractivity contribution in [2.75, 3.05) is 53.6 Å². The number of ether oxygens (including phenoxy) is 2. The molecule has 0 bridgehead atoms. The van der Waals surface area contributed by atoms with Gasteiger partial charge in [-0.15, -0.1) is 24.0 Å². The Morgan fingerprint density at radius 1 is 1.20 bits per heavy atom. The van der Waals surface area contributed by atoms with E-state index in [1.165, 1.54) is 25.7 Å². The molecule has 1 aliphatic carbocycles. The van der Waals surface area contributed by atoms with Gasteiger partial charge in [0.15, 0.2) is 5.96 Å². The molecule has 1 aliphatic heterocycles. The average Bonchev–Trinajstić information content (AvgIpc) is 3.09. The van der Waals surface area contributed by atoms with Crippen LogP contribution in [-0.4, -0.2) is 64.5 Å². The summed E-state index contributed by atoms with van der Waals surface area (Å²) in [5.41, 5.74) is 0. The fraction of sp³-hybridized carbons (Fsp3) is 0.947. The zero-order valence-electron chi connectivity index (χ0n) is 16.3. The van der Waals surface area contributed by atoms with Gasteiger partial charge in [0.05, 0.1) is 13.2 Å². The normalized spacial score (nSPS) is 27.0. The zero-order valence-corrected chi connectivity index (χ0v) is 18.7. The molecular weight excluding hydrogens is 429 g/mol. The Kier molecular flexibility index (Phi) is 12.1. The maximum absolute atomic E-state index is 5.75. The van der Waals surface area contributed by atoms with Crippen molar-refractivity contribution in [2.45, 2.75) is 45.4 Å². The Balaban J connectivity index is 0.00000312. The molecule has 2 fully saturated rings. The molecule has 2 rings (SSSR count). The monoisotopic (exact) mass is 467 g/mol. The molecule has 0 radical (unpaired) electrons. The summed E-state index contributed by atoms with van der Waals surface area (Å²) < 4.78 is 11.1. The first-order valence-electron chi connectivity index (χ1n) is 9.76. The van der Waals surface area contributed by atoms with E-state index in [-0.39, 0.29) is 24.0 Å². The van der Waals surface area contributed by atoms with E-state index in [4.69, 9.17) is 9.47 Å². The molecule has 1 N–H and O–H groups in total. The van der Waals surface area contributed by atoms with Gasteiger partial charge in [0, 0.05) is 46.3 Å². The number of aliphatic imine (C=N–C) groups is 1. The van der Waals surface area contributed by atoms with E-state index >= 15 is 0 Å². The summed E-state index contributed by atoms with van der Waals surface area (Å²) in [6.45, 7) is 7.83. The van der Waals surface area contributed by atoms with Gasteiger partial charge in [-0.3, -0.25) is 4.99 Å². The highest BCUT2D eigenvalue weighted by molar-refractivity contribution is 14.0. The first-order valence-corrected chi connectivity index (χ1v) is 9.76. The van der Waals surface area contributed by atoms with Crippen molar-refractivity contribution in [1.82, 2.24) is 10.2 Å². The van der Waals surface area contributed by atoms with Crippen molar-refractivity contribution in [1.29, 1.82) is 0 Å². The van der Waals surface area contributed by atoms with Crippen molar-refractivity contribution in [3.05, 3.63) is 0 Å². The number of halogens is 1. The van der Waals surface area contributed by atoms with Crippen LogP contribution in [0.1, 0.15) is 45.4 Å². The molecule has 1 unspecified atom stereocenters. The highest BCUT2D eigenvalue weighted by Gasteiger charge is 2.20. The van der Waals surface area contributed by atoms with Gasteiger partial charge >= 0.3 is 0 Å². The molecule has 2 aliphatic rings. The quantitative estimate of drug-likeness (QED) is 0.257. The molecule has 1 heterocycles. The minimum atomic E-state index is 0. The van der Waals surface area contributed by atoms with Crippen molar-refractivity contribution < 1.29 is 9.47 Å². The topological polar surface area (TPSA) is 46.1 Å². The minimum Gasteiger partial charge on any atom is -0.381 e. The van der Waals surface area contributed by atoms with Crippen molar-refractivity contribution in [3.63, 3.8) is 0 Å². The van der Waals surface area contributed by atoms with Crippen LogP contribution in [0.3, 0.4) is 0 Å².